The molecule has 5 nitrogen and oxygen atoms in total. The van der Waals surface area contributed by atoms with E-state index in [0.717, 1.165) is 17.5 Å². The van der Waals surface area contributed by atoms with E-state index in [9.17, 15) is 9.90 Å². The molecule has 2 aromatic rings. The first-order valence-electron chi connectivity index (χ1n) is 10.3. The Hall–Kier alpha value is -2.37. The molecule has 1 aliphatic rings. The topological polar surface area (TPSA) is 70.6 Å². The molecule has 1 aliphatic carbocycles. The highest BCUT2D eigenvalue weighted by molar-refractivity contribution is 5.69. The Morgan fingerprint density at radius 1 is 1.14 bits per heavy atom. The van der Waals surface area contributed by atoms with Gasteiger partial charge in [-0.2, -0.15) is 0 Å². The number of rotatable bonds is 6. The molecule has 2 aromatic carbocycles. The molecule has 3 rings (SSSR count). The first kappa shape index (κ1) is 21.3. The fraction of sp³-hybridized carbons (Fsp3) is 0.458. The Balaban J connectivity index is 1.66. The van der Waals surface area contributed by atoms with Gasteiger partial charge >= 0.3 is 6.09 Å². The number of nitrogens with one attached hydrogen (secondary N) is 2. The minimum absolute atomic E-state index is 0.0303. The van der Waals surface area contributed by atoms with Gasteiger partial charge in [0.2, 0.25) is 0 Å². The van der Waals surface area contributed by atoms with E-state index in [0.29, 0.717) is 6.54 Å². The first-order valence-corrected chi connectivity index (χ1v) is 10.3. The van der Waals surface area contributed by atoms with E-state index in [1.165, 1.54) is 5.56 Å². The fourth-order valence-electron chi connectivity index (χ4n) is 3.89. The van der Waals surface area contributed by atoms with Gasteiger partial charge in [-0.3, -0.25) is 5.32 Å². The van der Waals surface area contributed by atoms with Gasteiger partial charge in [0.05, 0.1) is 6.04 Å². The van der Waals surface area contributed by atoms with Crippen LogP contribution in [0.3, 0.4) is 0 Å². The molecular weight excluding hydrogens is 364 g/mol. The number of ether oxygens (including phenoxy) is 1. The Bertz CT molecular complexity index is 816. The number of aliphatic hydroxyl groups excluding tert-OH is 1. The normalized spacial score (nSPS) is 20.6. The number of carbonyl (C=O) groups is 1. The lowest BCUT2D eigenvalue weighted by Crippen LogP contribution is -2.42. The van der Waals surface area contributed by atoms with E-state index >= 15 is 0 Å². The van der Waals surface area contributed by atoms with Gasteiger partial charge in [-0.15, -0.1) is 0 Å². The molecule has 2 unspecified atom stereocenters. The second-order valence-electron chi connectivity index (χ2n) is 8.84. The maximum Gasteiger partial charge on any atom is 0.408 e. The van der Waals surface area contributed by atoms with Gasteiger partial charge in [0, 0.05) is 18.4 Å². The molecule has 29 heavy (non-hydrogen) atoms. The van der Waals surface area contributed by atoms with Gasteiger partial charge in [-0.1, -0.05) is 61.5 Å². The molecule has 0 bridgehead atoms. The van der Waals surface area contributed by atoms with Crippen molar-refractivity contribution in [3.8, 4) is 0 Å². The maximum atomic E-state index is 12.4. The number of hydrogen-bond donors (Lipinski definition) is 3. The highest BCUT2D eigenvalue weighted by atomic mass is 16.6. The van der Waals surface area contributed by atoms with E-state index in [1.54, 1.807) is 0 Å². The highest BCUT2D eigenvalue weighted by Gasteiger charge is 2.34. The number of carbonyl (C=O) groups excluding carboxylic acids is 1. The molecular formula is C24H32N2O3. The predicted octanol–water partition coefficient (Wildman–Crippen LogP) is 4.14. The van der Waals surface area contributed by atoms with Crippen molar-refractivity contribution in [1.82, 2.24) is 10.6 Å². The van der Waals surface area contributed by atoms with Crippen LogP contribution in [0, 0.1) is 5.92 Å². The van der Waals surface area contributed by atoms with Crippen LogP contribution >= 0.6 is 0 Å². The summed E-state index contributed by atoms with van der Waals surface area (Å²) in [6, 6.07) is 18.0. The van der Waals surface area contributed by atoms with E-state index in [-0.39, 0.29) is 17.9 Å². The monoisotopic (exact) mass is 396 g/mol. The minimum Gasteiger partial charge on any atom is -0.444 e. The SMILES string of the molecule is C[C@@H](c1ccccc1)C(O)NC[C@@H]1Cc2ccccc2C1NC(=O)OC(C)(C)C. The maximum absolute atomic E-state index is 12.4. The van der Waals surface area contributed by atoms with E-state index in [1.807, 2.05) is 70.2 Å². The molecule has 5 heteroatoms. The van der Waals surface area contributed by atoms with Gasteiger partial charge in [-0.25, -0.2) is 4.79 Å². The molecule has 0 radical (unpaired) electrons. The number of fused-ring (bicyclic) bond motifs is 1. The zero-order chi connectivity index (χ0) is 21.0. The van der Waals surface area contributed by atoms with Gasteiger partial charge in [-0.05, 0) is 43.9 Å². The third-order valence-corrected chi connectivity index (χ3v) is 5.40. The highest BCUT2D eigenvalue weighted by Crippen LogP contribution is 2.36. The van der Waals surface area contributed by atoms with Crippen LogP contribution in [0.15, 0.2) is 54.6 Å². The van der Waals surface area contributed by atoms with Crippen molar-refractivity contribution in [1.29, 1.82) is 0 Å². The summed E-state index contributed by atoms with van der Waals surface area (Å²) in [5, 5.41) is 17.0. The van der Waals surface area contributed by atoms with Crippen molar-refractivity contribution < 1.29 is 14.6 Å². The van der Waals surface area contributed by atoms with Crippen molar-refractivity contribution in [2.24, 2.45) is 5.92 Å². The second kappa shape index (κ2) is 8.97. The number of alkyl carbamates (subject to hydrolysis) is 1. The Morgan fingerprint density at radius 2 is 1.79 bits per heavy atom. The standard InChI is InChI=1S/C24H32N2O3/c1-16(17-10-6-5-7-11-17)22(27)25-15-19-14-18-12-8-9-13-20(18)21(19)26-23(28)29-24(2,3)4/h5-13,16,19,21-22,25,27H,14-15H2,1-4H3,(H,26,28)/t16-,19-,21?,22?/m0/s1. The smallest absolute Gasteiger partial charge is 0.408 e. The summed E-state index contributed by atoms with van der Waals surface area (Å²) in [5.74, 6) is 0.106. The fourth-order valence-corrected chi connectivity index (χ4v) is 3.89. The van der Waals surface area contributed by atoms with Crippen LogP contribution in [0.5, 0.6) is 0 Å². The van der Waals surface area contributed by atoms with Gasteiger partial charge in [0.25, 0.3) is 0 Å². The molecule has 0 spiro atoms. The Kier molecular flexibility index (Phi) is 6.60. The Labute approximate surface area is 173 Å². The van der Waals surface area contributed by atoms with E-state index in [4.69, 9.17) is 4.74 Å². The third kappa shape index (κ3) is 5.58. The van der Waals surface area contributed by atoms with E-state index in [2.05, 4.69) is 22.8 Å². The number of amides is 1. The van der Waals surface area contributed by atoms with Crippen LogP contribution in [-0.2, 0) is 11.2 Å². The molecule has 0 fully saturated rings. The molecule has 0 saturated carbocycles. The zero-order valence-corrected chi connectivity index (χ0v) is 17.7. The molecule has 0 saturated heterocycles. The van der Waals surface area contributed by atoms with Crippen LogP contribution in [0.2, 0.25) is 0 Å². The van der Waals surface area contributed by atoms with Crippen LogP contribution in [0.1, 0.15) is 56.3 Å². The van der Waals surface area contributed by atoms with Crippen molar-refractivity contribution in [2.45, 2.75) is 57.9 Å². The summed E-state index contributed by atoms with van der Waals surface area (Å²) in [7, 11) is 0. The summed E-state index contributed by atoms with van der Waals surface area (Å²) >= 11 is 0. The molecule has 0 aliphatic heterocycles. The second-order valence-corrected chi connectivity index (χ2v) is 8.84. The number of hydrogen-bond acceptors (Lipinski definition) is 4. The summed E-state index contributed by atoms with van der Waals surface area (Å²) in [4.78, 5) is 12.4. The number of aliphatic hydroxyl groups is 1. The summed E-state index contributed by atoms with van der Waals surface area (Å²) in [5.41, 5.74) is 2.89. The molecule has 4 atom stereocenters. The van der Waals surface area contributed by atoms with Crippen LogP contribution in [-0.4, -0.2) is 29.6 Å². The quantitative estimate of drug-likeness (QED) is 0.642. The first-order chi connectivity index (χ1) is 13.7. The molecule has 1 amide bonds. The van der Waals surface area contributed by atoms with Crippen molar-refractivity contribution in [2.75, 3.05) is 6.54 Å². The molecule has 3 N–H and O–H groups in total. The summed E-state index contributed by atoms with van der Waals surface area (Å²) < 4.78 is 5.46. The van der Waals surface area contributed by atoms with Gasteiger partial charge in [0.1, 0.15) is 11.8 Å². The van der Waals surface area contributed by atoms with Gasteiger partial charge < -0.3 is 15.2 Å². The van der Waals surface area contributed by atoms with Crippen LogP contribution < -0.4 is 10.6 Å². The lowest BCUT2D eigenvalue weighted by atomic mass is 9.97. The third-order valence-electron chi connectivity index (χ3n) is 5.40. The summed E-state index contributed by atoms with van der Waals surface area (Å²) in [6.07, 6.45) is -0.235. The van der Waals surface area contributed by atoms with Crippen LogP contribution in [0.25, 0.3) is 0 Å². The molecule has 0 aromatic heterocycles. The average Bonchev–Trinajstić information content (AvgIpc) is 3.02. The summed E-state index contributed by atoms with van der Waals surface area (Å²) in [6.45, 7) is 8.17. The zero-order valence-electron chi connectivity index (χ0n) is 17.7. The van der Waals surface area contributed by atoms with Crippen molar-refractivity contribution >= 4 is 6.09 Å². The predicted molar refractivity (Wildman–Crippen MR) is 115 cm³/mol. The average molecular weight is 397 g/mol. The number of benzene rings is 2. The minimum atomic E-state index is -0.664. The Morgan fingerprint density at radius 3 is 2.48 bits per heavy atom. The van der Waals surface area contributed by atoms with Gasteiger partial charge in [0.15, 0.2) is 0 Å². The van der Waals surface area contributed by atoms with Crippen molar-refractivity contribution in [3.05, 3.63) is 71.3 Å². The van der Waals surface area contributed by atoms with E-state index < -0.39 is 17.9 Å². The van der Waals surface area contributed by atoms with Crippen LogP contribution in [0.4, 0.5) is 4.79 Å². The molecule has 156 valence electrons. The van der Waals surface area contributed by atoms with Crippen molar-refractivity contribution in [3.63, 3.8) is 0 Å². The molecule has 0 heterocycles. The largest absolute Gasteiger partial charge is 0.444 e. The lowest BCUT2D eigenvalue weighted by Gasteiger charge is -2.27. The lowest BCUT2D eigenvalue weighted by molar-refractivity contribution is 0.0483.